The molecule has 3 unspecified atom stereocenters. The molecule has 0 radical (unpaired) electrons. The third-order valence-corrected chi connectivity index (χ3v) is 11.0. The topological polar surface area (TPSA) is 155 Å². The van der Waals surface area contributed by atoms with E-state index >= 15 is 0 Å². The van der Waals surface area contributed by atoms with Gasteiger partial charge in [-0.25, -0.2) is 4.57 Å². The summed E-state index contributed by atoms with van der Waals surface area (Å²) in [5.74, 6) is -1.79. The number of hydrogen-bond donors (Lipinski definition) is 3. The number of rotatable bonds is 45. The minimum Gasteiger partial charge on any atom is -0.480 e. The van der Waals surface area contributed by atoms with Crippen molar-refractivity contribution in [2.24, 2.45) is 5.73 Å². The Labute approximate surface area is 366 Å². The van der Waals surface area contributed by atoms with Crippen LogP contribution < -0.4 is 5.73 Å². The molecule has 0 aliphatic carbocycles. The van der Waals surface area contributed by atoms with Crippen molar-refractivity contribution >= 4 is 19.8 Å². The summed E-state index contributed by atoms with van der Waals surface area (Å²) in [6, 6.07) is -1.48. The van der Waals surface area contributed by atoms with Gasteiger partial charge in [0.05, 0.1) is 19.8 Å². The number of phosphoric acid groups is 1. The molecule has 0 aliphatic heterocycles. The number of carboxylic acid groups (broad SMARTS) is 1. The first kappa shape index (κ1) is 57.7. The van der Waals surface area contributed by atoms with E-state index < -0.39 is 45.1 Å². The zero-order valence-electron chi connectivity index (χ0n) is 38.0. The van der Waals surface area contributed by atoms with Crippen LogP contribution in [0.5, 0.6) is 0 Å². The third-order valence-electron chi connectivity index (χ3n) is 10.0. The Hall–Kier alpha value is -2.33. The molecule has 60 heavy (non-hydrogen) atoms. The molecular weight excluding hydrogens is 778 g/mol. The van der Waals surface area contributed by atoms with Crippen molar-refractivity contribution in [3.8, 4) is 0 Å². The van der Waals surface area contributed by atoms with E-state index in [1.807, 2.05) is 0 Å². The second-order valence-corrected chi connectivity index (χ2v) is 17.3. The van der Waals surface area contributed by atoms with Gasteiger partial charge in [0.15, 0.2) is 0 Å². The van der Waals surface area contributed by atoms with E-state index in [2.05, 4.69) is 74.6 Å². The van der Waals surface area contributed by atoms with Gasteiger partial charge in [0, 0.05) is 13.0 Å². The van der Waals surface area contributed by atoms with Gasteiger partial charge >= 0.3 is 19.8 Å². The monoisotopic (exact) mass is 866 g/mol. The average Bonchev–Trinajstić information content (AvgIpc) is 3.23. The molecule has 0 saturated carbocycles. The van der Waals surface area contributed by atoms with Crippen molar-refractivity contribution in [3.05, 3.63) is 60.8 Å². The number of phosphoric ester groups is 1. The number of unbranched alkanes of at least 4 members (excludes halogenated alkanes) is 21. The molecular formula is C49H88NO9P. The summed E-state index contributed by atoms with van der Waals surface area (Å²) in [5.41, 5.74) is 5.36. The largest absolute Gasteiger partial charge is 0.480 e. The Morgan fingerprint density at radius 2 is 0.917 bits per heavy atom. The number of esters is 1. The zero-order valence-corrected chi connectivity index (χ0v) is 38.9. The fourth-order valence-electron chi connectivity index (χ4n) is 6.29. The van der Waals surface area contributed by atoms with Gasteiger partial charge in [-0.1, -0.05) is 171 Å². The highest BCUT2D eigenvalue weighted by Gasteiger charge is 2.27. The van der Waals surface area contributed by atoms with E-state index in [4.69, 9.17) is 29.4 Å². The second-order valence-electron chi connectivity index (χ2n) is 15.9. The smallest absolute Gasteiger partial charge is 0.472 e. The molecule has 0 heterocycles. The standard InChI is InChI=1S/C49H88NO9P/c1-3-5-7-9-11-13-15-17-19-21-23-24-26-28-30-32-34-36-38-40-42-56-43-46(44-57-60(54,55)58-45-47(50)49(52)53)59-48(51)41-39-37-35-33-31-29-27-25-22-20-18-16-14-12-10-8-6-4-2/h11,13-14,16-17,19-20,22-24,46-47H,3-10,12,15,18,21,25-45,50H2,1-2H3,(H,52,53)(H,54,55)/b13-11-,16-14-,19-17-,22-20-,24-23-. The molecule has 0 rings (SSSR count). The zero-order chi connectivity index (χ0) is 44.0. The summed E-state index contributed by atoms with van der Waals surface area (Å²) >= 11 is 0. The van der Waals surface area contributed by atoms with Gasteiger partial charge in [-0.2, -0.15) is 0 Å². The summed E-state index contributed by atoms with van der Waals surface area (Å²) in [6.07, 6.45) is 54.1. The highest BCUT2D eigenvalue weighted by Crippen LogP contribution is 2.43. The normalized spacial score (nSPS) is 14.3. The van der Waals surface area contributed by atoms with E-state index in [1.165, 1.54) is 103 Å². The second kappa shape index (κ2) is 44.7. The van der Waals surface area contributed by atoms with E-state index in [1.54, 1.807) is 0 Å². The predicted molar refractivity (Wildman–Crippen MR) is 249 cm³/mol. The maximum Gasteiger partial charge on any atom is 0.472 e. The summed E-state index contributed by atoms with van der Waals surface area (Å²) in [4.78, 5) is 33.6. The summed E-state index contributed by atoms with van der Waals surface area (Å²) in [6.45, 7) is 3.81. The SMILES string of the molecule is CCCCC/C=C\C/C=C\C/C=C\CCCCCCCCCOCC(COP(=O)(O)OCC(N)C(=O)O)OC(=O)CCCCCCCCC/C=C\C/C=C\CCCCCC. The van der Waals surface area contributed by atoms with Crippen LogP contribution in [-0.4, -0.2) is 60.5 Å². The number of aliphatic carboxylic acids is 1. The molecule has 11 heteroatoms. The molecule has 3 atom stereocenters. The Kier molecular flexibility index (Phi) is 43.0. The van der Waals surface area contributed by atoms with Crippen LogP contribution in [0, 0.1) is 0 Å². The van der Waals surface area contributed by atoms with Crippen molar-refractivity contribution in [2.75, 3.05) is 26.4 Å². The Morgan fingerprint density at radius 1 is 0.533 bits per heavy atom. The molecule has 348 valence electrons. The molecule has 0 fully saturated rings. The number of carbonyl (C=O) groups is 2. The van der Waals surface area contributed by atoms with Gasteiger partial charge in [0.2, 0.25) is 0 Å². The first-order chi connectivity index (χ1) is 29.2. The Bertz CT molecular complexity index is 1190. The minimum atomic E-state index is -4.63. The van der Waals surface area contributed by atoms with Crippen molar-refractivity contribution in [1.82, 2.24) is 0 Å². The number of allylic oxidation sites excluding steroid dienone is 10. The molecule has 0 aromatic rings. The maximum absolute atomic E-state index is 12.7. The van der Waals surface area contributed by atoms with Gasteiger partial charge in [0.25, 0.3) is 0 Å². The van der Waals surface area contributed by atoms with Crippen molar-refractivity contribution in [2.45, 2.75) is 212 Å². The molecule has 0 aromatic carbocycles. The fourth-order valence-corrected chi connectivity index (χ4v) is 7.07. The van der Waals surface area contributed by atoms with Crippen LogP contribution >= 0.6 is 7.82 Å². The van der Waals surface area contributed by atoms with Crippen LogP contribution in [0.15, 0.2) is 60.8 Å². The van der Waals surface area contributed by atoms with Crippen LogP contribution in [-0.2, 0) is 32.7 Å². The van der Waals surface area contributed by atoms with Gasteiger partial charge < -0.3 is 25.2 Å². The van der Waals surface area contributed by atoms with Gasteiger partial charge in [-0.3, -0.25) is 18.6 Å². The van der Waals surface area contributed by atoms with Crippen molar-refractivity contribution in [1.29, 1.82) is 0 Å². The lowest BCUT2D eigenvalue weighted by molar-refractivity contribution is -0.154. The number of hydrogen-bond acceptors (Lipinski definition) is 8. The quantitative estimate of drug-likeness (QED) is 0.0233. The van der Waals surface area contributed by atoms with Crippen LogP contribution in [0.3, 0.4) is 0 Å². The van der Waals surface area contributed by atoms with E-state index in [0.717, 1.165) is 70.6 Å². The minimum absolute atomic E-state index is 0.00484. The fraction of sp³-hybridized carbons (Fsp3) is 0.755. The average molecular weight is 866 g/mol. The molecule has 0 spiro atoms. The lowest BCUT2D eigenvalue weighted by Gasteiger charge is -2.20. The molecule has 0 saturated heterocycles. The van der Waals surface area contributed by atoms with Crippen LogP contribution in [0.25, 0.3) is 0 Å². The molecule has 4 N–H and O–H groups in total. The summed E-state index contributed by atoms with van der Waals surface area (Å²) < 4.78 is 33.4. The van der Waals surface area contributed by atoms with Gasteiger partial charge in [-0.15, -0.1) is 0 Å². The highest BCUT2D eigenvalue weighted by atomic mass is 31.2. The van der Waals surface area contributed by atoms with Gasteiger partial charge in [0.1, 0.15) is 12.1 Å². The van der Waals surface area contributed by atoms with Gasteiger partial charge in [-0.05, 0) is 83.5 Å². The molecule has 0 aromatic heterocycles. The number of ether oxygens (including phenoxy) is 2. The van der Waals surface area contributed by atoms with Crippen molar-refractivity contribution < 1.29 is 42.7 Å². The lowest BCUT2D eigenvalue weighted by atomic mass is 10.1. The maximum atomic E-state index is 12.7. The Morgan fingerprint density at radius 3 is 1.40 bits per heavy atom. The van der Waals surface area contributed by atoms with Crippen LogP contribution in [0.4, 0.5) is 0 Å². The first-order valence-corrected chi connectivity index (χ1v) is 25.3. The van der Waals surface area contributed by atoms with E-state index in [0.29, 0.717) is 13.0 Å². The predicted octanol–water partition coefficient (Wildman–Crippen LogP) is 13.6. The first-order valence-electron chi connectivity index (χ1n) is 23.8. The molecule has 10 nitrogen and oxygen atoms in total. The lowest BCUT2D eigenvalue weighted by Crippen LogP contribution is -2.34. The summed E-state index contributed by atoms with van der Waals surface area (Å²) in [7, 11) is -4.63. The number of carbonyl (C=O) groups excluding carboxylic acids is 1. The molecule has 0 amide bonds. The Balaban J connectivity index is 4.23. The highest BCUT2D eigenvalue weighted by molar-refractivity contribution is 7.47. The summed E-state index contributed by atoms with van der Waals surface area (Å²) in [5, 5.41) is 8.91. The van der Waals surface area contributed by atoms with E-state index in [9.17, 15) is 19.0 Å². The molecule has 0 aliphatic rings. The van der Waals surface area contributed by atoms with E-state index in [-0.39, 0.29) is 13.0 Å². The number of carboxylic acids is 1. The third kappa shape index (κ3) is 43.7. The van der Waals surface area contributed by atoms with Crippen molar-refractivity contribution in [3.63, 3.8) is 0 Å². The number of nitrogens with two attached hydrogens (primary N) is 1. The van der Waals surface area contributed by atoms with Crippen LogP contribution in [0.1, 0.15) is 200 Å². The molecule has 0 bridgehead atoms. The van der Waals surface area contributed by atoms with Crippen LogP contribution in [0.2, 0.25) is 0 Å².